The second kappa shape index (κ2) is 8.75. The minimum Gasteiger partial charge on any atom is -0.497 e. The van der Waals surface area contributed by atoms with Crippen molar-refractivity contribution in [3.05, 3.63) is 28.2 Å². The molecule has 1 aromatic rings. The third-order valence-electron chi connectivity index (χ3n) is 4.09. The number of halogens is 1. The van der Waals surface area contributed by atoms with Crippen LogP contribution >= 0.6 is 15.9 Å². The molecule has 0 aliphatic heterocycles. The van der Waals surface area contributed by atoms with Gasteiger partial charge < -0.3 is 20.1 Å². The summed E-state index contributed by atoms with van der Waals surface area (Å²) in [6, 6.07) is 5.20. The Labute approximate surface area is 164 Å². The number of benzene rings is 1. The average Bonchev–Trinajstić information content (AvgIpc) is 2.51. The van der Waals surface area contributed by atoms with Crippen LogP contribution in [0.4, 0.5) is 4.79 Å². The molecule has 1 aromatic carbocycles. The SMILES string of the molecule is COc1ccc(Br)c(C(=O)NC(C)(CNC(=O)OC(C)(C)C)C(C)C)c1. The lowest BCUT2D eigenvalue weighted by molar-refractivity contribution is 0.0497. The molecule has 26 heavy (non-hydrogen) atoms. The molecule has 0 heterocycles. The second-order valence-electron chi connectivity index (χ2n) is 7.73. The zero-order chi connectivity index (χ0) is 20.1. The smallest absolute Gasteiger partial charge is 0.407 e. The maximum absolute atomic E-state index is 12.8. The second-order valence-corrected chi connectivity index (χ2v) is 8.58. The van der Waals surface area contributed by atoms with Gasteiger partial charge in [0, 0.05) is 11.0 Å². The Morgan fingerprint density at radius 3 is 2.31 bits per heavy atom. The number of nitrogens with one attached hydrogen (secondary N) is 2. The minimum atomic E-state index is -0.656. The molecule has 1 rings (SSSR count). The molecule has 0 aromatic heterocycles. The van der Waals surface area contributed by atoms with Crippen LogP contribution in [0.3, 0.4) is 0 Å². The van der Waals surface area contributed by atoms with Crippen LogP contribution in [-0.4, -0.2) is 36.8 Å². The first-order chi connectivity index (χ1) is 11.9. The van der Waals surface area contributed by atoms with E-state index in [9.17, 15) is 9.59 Å². The summed E-state index contributed by atoms with van der Waals surface area (Å²) in [6.07, 6.45) is -0.513. The molecule has 0 bridgehead atoms. The number of rotatable bonds is 6. The molecule has 2 N–H and O–H groups in total. The van der Waals surface area contributed by atoms with Crippen molar-refractivity contribution in [1.29, 1.82) is 0 Å². The predicted octanol–water partition coefficient (Wildman–Crippen LogP) is 4.13. The predicted molar refractivity (Wildman–Crippen MR) is 106 cm³/mol. The molecule has 0 saturated heterocycles. The van der Waals surface area contributed by atoms with E-state index in [-0.39, 0.29) is 18.4 Å². The van der Waals surface area contributed by atoms with Crippen molar-refractivity contribution in [2.24, 2.45) is 5.92 Å². The van der Waals surface area contributed by atoms with Gasteiger partial charge in [0.2, 0.25) is 0 Å². The molecule has 146 valence electrons. The molecular formula is C19H29BrN2O4. The molecule has 0 aliphatic carbocycles. The van der Waals surface area contributed by atoms with Gasteiger partial charge in [-0.15, -0.1) is 0 Å². The Morgan fingerprint density at radius 2 is 1.81 bits per heavy atom. The number of alkyl carbamates (subject to hydrolysis) is 1. The zero-order valence-corrected chi connectivity index (χ0v) is 18.1. The third-order valence-corrected chi connectivity index (χ3v) is 4.78. The summed E-state index contributed by atoms with van der Waals surface area (Å²) in [6.45, 7) is 11.5. The van der Waals surface area contributed by atoms with Gasteiger partial charge in [-0.05, 0) is 67.7 Å². The summed E-state index contributed by atoms with van der Waals surface area (Å²) in [4.78, 5) is 24.7. The highest BCUT2D eigenvalue weighted by molar-refractivity contribution is 9.10. The highest BCUT2D eigenvalue weighted by atomic mass is 79.9. The van der Waals surface area contributed by atoms with Crippen molar-refractivity contribution in [3.8, 4) is 5.75 Å². The molecular weight excluding hydrogens is 400 g/mol. The van der Waals surface area contributed by atoms with E-state index in [4.69, 9.17) is 9.47 Å². The average molecular weight is 429 g/mol. The molecule has 2 amide bonds. The number of ether oxygens (including phenoxy) is 2. The van der Waals surface area contributed by atoms with Crippen LogP contribution in [0.2, 0.25) is 0 Å². The first kappa shape index (κ1) is 22.3. The van der Waals surface area contributed by atoms with Gasteiger partial charge in [0.25, 0.3) is 5.91 Å². The van der Waals surface area contributed by atoms with Crippen molar-refractivity contribution in [2.75, 3.05) is 13.7 Å². The lowest BCUT2D eigenvalue weighted by Crippen LogP contribution is -2.57. The largest absolute Gasteiger partial charge is 0.497 e. The van der Waals surface area contributed by atoms with Crippen molar-refractivity contribution < 1.29 is 19.1 Å². The van der Waals surface area contributed by atoms with Gasteiger partial charge in [-0.25, -0.2) is 4.79 Å². The maximum Gasteiger partial charge on any atom is 0.407 e. The van der Waals surface area contributed by atoms with Crippen molar-refractivity contribution >= 4 is 27.9 Å². The Balaban J connectivity index is 2.89. The van der Waals surface area contributed by atoms with E-state index < -0.39 is 17.2 Å². The van der Waals surface area contributed by atoms with Crippen LogP contribution in [0.5, 0.6) is 5.75 Å². The molecule has 0 aliphatic rings. The van der Waals surface area contributed by atoms with Crippen LogP contribution in [-0.2, 0) is 4.74 Å². The van der Waals surface area contributed by atoms with E-state index in [0.29, 0.717) is 15.8 Å². The van der Waals surface area contributed by atoms with Crippen molar-refractivity contribution in [2.45, 2.75) is 52.7 Å². The Hall–Kier alpha value is -1.76. The van der Waals surface area contributed by atoms with E-state index in [2.05, 4.69) is 26.6 Å². The summed E-state index contributed by atoms with van der Waals surface area (Å²) < 4.78 is 11.1. The molecule has 0 radical (unpaired) electrons. The molecule has 0 fully saturated rings. The highest BCUT2D eigenvalue weighted by Gasteiger charge is 2.32. The molecule has 1 unspecified atom stereocenters. The number of hydrogen-bond donors (Lipinski definition) is 2. The van der Waals surface area contributed by atoms with Crippen LogP contribution in [0.15, 0.2) is 22.7 Å². The number of carbonyl (C=O) groups excluding carboxylic acids is 2. The van der Waals surface area contributed by atoms with Crippen LogP contribution in [0.1, 0.15) is 51.9 Å². The van der Waals surface area contributed by atoms with Gasteiger partial charge in [-0.3, -0.25) is 4.79 Å². The van der Waals surface area contributed by atoms with Crippen LogP contribution < -0.4 is 15.4 Å². The molecule has 7 heteroatoms. The van der Waals surface area contributed by atoms with Gasteiger partial charge in [0.1, 0.15) is 11.4 Å². The fourth-order valence-corrected chi connectivity index (χ4v) is 2.52. The first-order valence-electron chi connectivity index (χ1n) is 8.51. The third kappa shape index (κ3) is 6.52. The van der Waals surface area contributed by atoms with E-state index >= 15 is 0 Å². The highest BCUT2D eigenvalue weighted by Crippen LogP contribution is 2.24. The minimum absolute atomic E-state index is 0.0748. The number of hydrogen-bond acceptors (Lipinski definition) is 4. The van der Waals surface area contributed by atoms with E-state index in [1.807, 2.05) is 20.8 Å². The summed E-state index contributed by atoms with van der Waals surface area (Å²) in [5.41, 5.74) is -0.766. The number of carbonyl (C=O) groups is 2. The number of methoxy groups -OCH3 is 1. The first-order valence-corrected chi connectivity index (χ1v) is 9.30. The molecule has 1 atom stereocenters. The van der Waals surface area contributed by atoms with Gasteiger partial charge in [0.15, 0.2) is 0 Å². The van der Waals surface area contributed by atoms with E-state index in [1.165, 1.54) is 0 Å². The summed E-state index contributed by atoms with van der Waals surface area (Å²) in [7, 11) is 1.55. The van der Waals surface area contributed by atoms with Gasteiger partial charge in [-0.1, -0.05) is 13.8 Å². The van der Waals surface area contributed by atoms with E-state index in [0.717, 1.165) is 0 Å². The van der Waals surface area contributed by atoms with Gasteiger partial charge >= 0.3 is 6.09 Å². The topological polar surface area (TPSA) is 76.7 Å². The molecule has 0 saturated carbocycles. The molecule has 0 spiro atoms. The van der Waals surface area contributed by atoms with Gasteiger partial charge in [-0.2, -0.15) is 0 Å². The lowest BCUT2D eigenvalue weighted by Gasteiger charge is -2.35. The fourth-order valence-electron chi connectivity index (χ4n) is 2.09. The van der Waals surface area contributed by atoms with Crippen LogP contribution in [0, 0.1) is 5.92 Å². The Bertz CT molecular complexity index is 655. The summed E-state index contributed by atoms with van der Waals surface area (Å²) in [5.74, 6) is 0.417. The fraction of sp³-hybridized carbons (Fsp3) is 0.579. The normalized spacial score (nSPS) is 13.7. The standard InChI is InChI=1S/C19H29BrN2O4/c1-12(2)19(6,11-21-17(24)26-18(3,4)5)22-16(23)14-10-13(25-7)8-9-15(14)20/h8-10,12H,11H2,1-7H3,(H,21,24)(H,22,23). The monoisotopic (exact) mass is 428 g/mol. The Morgan fingerprint density at radius 1 is 1.19 bits per heavy atom. The quantitative estimate of drug-likeness (QED) is 0.713. The van der Waals surface area contributed by atoms with Crippen molar-refractivity contribution in [3.63, 3.8) is 0 Å². The van der Waals surface area contributed by atoms with Gasteiger partial charge in [0.05, 0.1) is 18.2 Å². The summed E-state index contributed by atoms with van der Waals surface area (Å²) in [5, 5.41) is 5.77. The van der Waals surface area contributed by atoms with Crippen molar-refractivity contribution in [1.82, 2.24) is 10.6 Å². The summed E-state index contributed by atoms with van der Waals surface area (Å²) >= 11 is 3.39. The zero-order valence-electron chi connectivity index (χ0n) is 16.5. The van der Waals surface area contributed by atoms with E-state index in [1.54, 1.807) is 46.1 Å². The number of amides is 2. The lowest BCUT2D eigenvalue weighted by atomic mass is 9.88. The molecule has 6 nitrogen and oxygen atoms in total. The van der Waals surface area contributed by atoms with Crippen LogP contribution in [0.25, 0.3) is 0 Å². The maximum atomic E-state index is 12.8. The Kier molecular flexibility index (Phi) is 7.50.